The monoisotopic (exact) mass is 356 g/mol. The molecule has 0 aliphatic carbocycles. The van der Waals surface area contributed by atoms with Crippen LogP contribution in [0.15, 0.2) is 48.5 Å². The molecule has 0 spiro atoms. The van der Waals surface area contributed by atoms with E-state index in [4.69, 9.17) is 4.74 Å². The van der Waals surface area contributed by atoms with E-state index in [2.05, 4.69) is 10.1 Å². The van der Waals surface area contributed by atoms with Crippen molar-refractivity contribution in [3.05, 3.63) is 75.3 Å². The van der Waals surface area contributed by atoms with E-state index in [1.54, 1.807) is 19.2 Å². The molecular formula is C19H20N2O5. The van der Waals surface area contributed by atoms with Gasteiger partial charge in [0.05, 0.1) is 18.6 Å². The van der Waals surface area contributed by atoms with Crippen molar-refractivity contribution in [3.8, 4) is 0 Å². The third-order valence-corrected chi connectivity index (χ3v) is 3.72. The number of nitro groups is 1. The minimum atomic E-state index is -0.524. The van der Waals surface area contributed by atoms with Crippen molar-refractivity contribution >= 4 is 23.4 Å². The third-order valence-electron chi connectivity index (χ3n) is 3.72. The molecule has 0 bridgehead atoms. The van der Waals surface area contributed by atoms with Crippen molar-refractivity contribution in [2.45, 2.75) is 13.2 Å². The van der Waals surface area contributed by atoms with Crippen LogP contribution in [-0.2, 0) is 27.4 Å². The quantitative estimate of drug-likeness (QED) is 0.337. The van der Waals surface area contributed by atoms with Crippen LogP contribution in [-0.4, -0.2) is 25.1 Å². The predicted octanol–water partition coefficient (Wildman–Crippen LogP) is 3.54. The zero-order valence-electron chi connectivity index (χ0n) is 14.6. The third kappa shape index (κ3) is 5.15. The minimum absolute atomic E-state index is 0.0683. The van der Waals surface area contributed by atoms with E-state index in [0.717, 1.165) is 11.1 Å². The molecule has 0 atom stereocenters. The van der Waals surface area contributed by atoms with E-state index in [-0.39, 0.29) is 5.69 Å². The van der Waals surface area contributed by atoms with Crippen LogP contribution in [0.2, 0.25) is 0 Å². The average molecular weight is 356 g/mol. The van der Waals surface area contributed by atoms with E-state index in [9.17, 15) is 14.9 Å². The van der Waals surface area contributed by atoms with Gasteiger partial charge in [0, 0.05) is 25.8 Å². The summed E-state index contributed by atoms with van der Waals surface area (Å²) < 4.78 is 9.68. The number of hydrogen-bond acceptors (Lipinski definition) is 6. The van der Waals surface area contributed by atoms with Gasteiger partial charge in [-0.15, -0.1) is 0 Å². The first-order chi connectivity index (χ1) is 12.5. The number of nitro benzene ring substituents is 1. The summed E-state index contributed by atoms with van der Waals surface area (Å²) >= 11 is 0. The van der Waals surface area contributed by atoms with E-state index in [1.165, 1.54) is 25.3 Å². The van der Waals surface area contributed by atoms with Crippen LogP contribution < -0.4 is 5.32 Å². The SMILES string of the molecule is COCc1ccccc1CNc1ccc(/C=C/C(=O)OC)cc1[N+](=O)[O-]. The summed E-state index contributed by atoms with van der Waals surface area (Å²) in [4.78, 5) is 22.1. The molecule has 0 unspecified atom stereocenters. The highest BCUT2D eigenvalue weighted by Crippen LogP contribution is 2.27. The normalized spacial score (nSPS) is 10.7. The lowest BCUT2D eigenvalue weighted by Gasteiger charge is -2.11. The topological polar surface area (TPSA) is 90.7 Å². The number of rotatable bonds is 8. The molecule has 0 aliphatic rings. The second kappa shape index (κ2) is 9.33. The molecule has 2 rings (SSSR count). The van der Waals surface area contributed by atoms with Gasteiger partial charge in [-0.3, -0.25) is 10.1 Å². The van der Waals surface area contributed by atoms with Gasteiger partial charge in [0.2, 0.25) is 0 Å². The number of hydrogen-bond donors (Lipinski definition) is 1. The van der Waals surface area contributed by atoms with Crippen LogP contribution in [0.25, 0.3) is 6.08 Å². The lowest BCUT2D eigenvalue weighted by atomic mass is 10.1. The summed E-state index contributed by atoms with van der Waals surface area (Å²) in [6, 6.07) is 12.4. The van der Waals surface area contributed by atoms with Crippen molar-refractivity contribution in [2.75, 3.05) is 19.5 Å². The van der Waals surface area contributed by atoms with Crippen molar-refractivity contribution in [1.29, 1.82) is 0 Å². The Hall–Kier alpha value is -3.19. The Morgan fingerprint density at radius 1 is 1.19 bits per heavy atom. The average Bonchev–Trinajstić information content (AvgIpc) is 2.65. The molecule has 0 heterocycles. The molecule has 7 nitrogen and oxygen atoms in total. The molecule has 2 aromatic carbocycles. The fourth-order valence-corrected chi connectivity index (χ4v) is 2.40. The van der Waals surface area contributed by atoms with Crippen molar-refractivity contribution < 1.29 is 19.2 Å². The van der Waals surface area contributed by atoms with E-state index >= 15 is 0 Å². The number of esters is 1. The fourth-order valence-electron chi connectivity index (χ4n) is 2.40. The van der Waals surface area contributed by atoms with E-state index in [1.807, 2.05) is 24.3 Å². The van der Waals surface area contributed by atoms with Gasteiger partial charge in [-0.05, 0) is 28.8 Å². The smallest absolute Gasteiger partial charge is 0.330 e. The van der Waals surface area contributed by atoms with Gasteiger partial charge in [-0.1, -0.05) is 30.3 Å². The summed E-state index contributed by atoms with van der Waals surface area (Å²) in [5.41, 5.74) is 2.88. The number of carbonyl (C=O) groups excluding carboxylic acids is 1. The standard InChI is InChI=1S/C19H20N2O5/c1-25-13-16-6-4-3-5-15(16)12-20-17-9-7-14(8-10-19(22)26-2)11-18(17)21(23)24/h3-11,20H,12-13H2,1-2H3/b10-8+. The molecule has 26 heavy (non-hydrogen) atoms. The summed E-state index contributed by atoms with van der Waals surface area (Å²) in [6.45, 7) is 0.898. The maximum Gasteiger partial charge on any atom is 0.330 e. The fraction of sp³-hybridized carbons (Fsp3) is 0.211. The van der Waals surface area contributed by atoms with Gasteiger partial charge >= 0.3 is 5.97 Å². The van der Waals surface area contributed by atoms with Crippen LogP contribution >= 0.6 is 0 Å². The highest BCUT2D eigenvalue weighted by Gasteiger charge is 2.14. The molecule has 0 aromatic heterocycles. The maximum absolute atomic E-state index is 11.4. The van der Waals surface area contributed by atoms with Gasteiger partial charge in [0.15, 0.2) is 0 Å². The summed E-state index contributed by atoms with van der Waals surface area (Å²) in [5.74, 6) is -0.524. The molecule has 136 valence electrons. The number of nitrogens with zero attached hydrogens (tertiary/aromatic N) is 1. The van der Waals surface area contributed by atoms with Crippen molar-refractivity contribution in [1.82, 2.24) is 0 Å². The molecule has 0 saturated heterocycles. The van der Waals surface area contributed by atoms with Crippen LogP contribution in [0.4, 0.5) is 11.4 Å². The van der Waals surface area contributed by atoms with Gasteiger partial charge < -0.3 is 14.8 Å². The molecule has 1 N–H and O–H groups in total. The lowest BCUT2D eigenvalue weighted by Crippen LogP contribution is -2.05. The van der Waals surface area contributed by atoms with Crippen molar-refractivity contribution in [2.24, 2.45) is 0 Å². The Morgan fingerprint density at radius 3 is 2.58 bits per heavy atom. The maximum atomic E-state index is 11.4. The number of carbonyl (C=O) groups is 1. The van der Waals surface area contributed by atoms with Gasteiger partial charge in [-0.2, -0.15) is 0 Å². The second-order valence-electron chi connectivity index (χ2n) is 5.45. The highest BCUT2D eigenvalue weighted by atomic mass is 16.6. The number of benzene rings is 2. The Balaban J connectivity index is 2.20. The molecule has 2 aromatic rings. The first-order valence-electron chi connectivity index (χ1n) is 7.89. The van der Waals surface area contributed by atoms with Crippen LogP contribution in [0.5, 0.6) is 0 Å². The number of anilines is 1. The zero-order valence-corrected chi connectivity index (χ0v) is 14.6. The zero-order chi connectivity index (χ0) is 18.9. The number of methoxy groups -OCH3 is 2. The Bertz CT molecular complexity index is 817. The Morgan fingerprint density at radius 2 is 1.92 bits per heavy atom. The van der Waals surface area contributed by atoms with Crippen LogP contribution in [0.3, 0.4) is 0 Å². The van der Waals surface area contributed by atoms with E-state index in [0.29, 0.717) is 24.4 Å². The predicted molar refractivity (Wildman–Crippen MR) is 98.6 cm³/mol. The molecular weight excluding hydrogens is 336 g/mol. The molecule has 0 amide bonds. The highest BCUT2D eigenvalue weighted by molar-refractivity contribution is 5.87. The number of ether oxygens (including phenoxy) is 2. The first kappa shape index (κ1) is 19.1. The van der Waals surface area contributed by atoms with Crippen molar-refractivity contribution in [3.63, 3.8) is 0 Å². The summed E-state index contributed by atoms with van der Waals surface area (Å²) in [7, 11) is 2.89. The molecule has 0 fully saturated rings. The van der Waals surface area contributed by atoms with E-state index < -0.39 is 10.9 Å². The Labute approximate surface area is 151 Å². The molecule has 0 saturated carbocycles. The molecule has 0 radical (unpaired) electrons. The Kier molecular flexibility index (Phi) is 6.87. The van der Waals surface area contributed by atoms with Gasteiger partial charge in [0.1, 0.15) is 5.69 Å². The first-order valence-corrected chi connectivity index (χ1v) is 7.89. The summed E-state index contributed by atoms with van der Waals surface area (Å²) in [5, 5.41) is 14.5. The summed E-state index contributed by atoms with van der Waals surface area (Å²) in [6.07, 6.45) is 2.68. The number of nitrogens with one attached hydrogen (secondary N) is 1. The van der Waals surface area contributed by atoms with Gasteiger partial charge in [-0.25, -0.2) is 4.79 Å². The lowest BCUT2D eigenvalue weighted by molar-refractivity contribution is -0.384. The van der Waals surface area contributed by atoms with Crippen LogP contribution in [0.1, 0.15) is 16.7 Å². The van der Waals surface area contributed by atoms with Gasteiger partial charge in [0.25, 0.3) is 5.69 Å². The molecule has 7 heteroatoms. The van der Waals surface area contributed by atoms with Crippen LogP contribution in [0, 0.1) is 10.1 Å². The largest absolute Gasteiger partial charge is 0.466 e. The molecule has 0 aliphatic heterocycles. The minimum Gasteiger partial charge on any atom is -0.466 e. The second-order valence-corrected chi connectivity index (χ2v) is 5.45.